The number of ether oxygens (including phenoxy) is 2. The average Bonchev–Trinajstić information content (AvgIpc) is 2.41. The Morgan fingerprint density at radius 1 is 1.09 bits per heavy atom. The van der Waals surface area contributed by atoms with Gasteiger partial charge in [-0.05, 0) is 59.1 Å². The summed E-state index contributed by atoms with van der Waals surface area (Å²) in [6.07, 6.45) is 3.76. The monoisotopic (exact) mass is 306 g/mol. The van der Waals surface area contributed by atoms with Crippen LogP contribution in [0.2, 0.25) is 0 Å². The lowest BCUT2D eigenvalue weighted by atomic mass is 9.80. The molecule has 0 bridgehead atoms. The zero-order valence-corrected chi connectivity index (χ0v) is 14.6. The molecule has 1 saturated heterocycles. The minimum Gasteiger partial charge on any atom is -0.493 e. The van der Waals surface area contributed by atoms with Crippen molar-refractivity contribution in [2.75, 3.05) is 26.0 Å². The molecule has 0 radical (unpaired) electrons. The number of hydrogen-bond donors (Lipinski definition) is 1. The first-order valence-electron chi connectivity index (χ1n) is 8.10. The molecule has 1 aliphatic rings. The van der Waals surface area contributed by atoms with Gasteiger partial charge in [-0.3, -0.25) is 4.90 Å². The number of anilines is 1. The van der Waals surface area contributed by atoms with Gasteiger partial charge in [-0.25, -0.2) is 0 Å². The summed E-state index contributed by atoms with van der Waals surface area (Å²) >= 11 is 0. The Hall–Kier alpha value is -1.42. The van der Waals surface area contributed by atoms with Gasteiger partial charge in [0.2, 0.25) is 0 Å². The normalized spacial score (nSPS) is 20.6. The molecule has 2 rings (SSSR count). The summed E-state index contributed by atoms with van der Waals surface area (Å²) in [7, 11) is 1.65. The summed E-state index contributed by atoms with van der Waals surface area (Å²) in [6, 6.07) is 5.49. The number of rotatable bonds is 5. The van der Waals surface area contributed by atoms with Crippen LogP contribution in [-0.2, 0) is 0 Å². The maximum absolute atomic E-state index is 5.95. The van der Waals surface area contributed by atoms with E-state index in [0.29, 0.717) is 12.3 Å². The number of nitrogens with two attached hydrogens (primary N) is 1. The summed E-state index contributed by atoms with van der Waals surface area (Å²) in [5.41, 5.74) is 6.95. The molecule has 124 valence electrons. The molecular formula is C18H30N2O2. The van der Waals surface area contributed by atoms with Crippen molar-refractivity contribution >= 4 is 5.69 Å². The highest BCUT2D eigenvalue weighted by Gasteiger charge is 2.40. The van der Waals surface area contributed by atoms with Crippen LogP contribution in [0.1, 0.15) is 47.0 Å². The van der Waals surface area contributed by atoms with Gasteiger partial charge in [-0.1, -0.05) is 0 Å². The van der Waals surface area contributed by atoms with E-state index in [-0.39, 0.29) is 11.1 Å². The predicted octanol–water partition coefficient (Wildman–Crippen LogP) is 3.70. The molecule has 0 aromatic heterocycles. The smallest absolute Gasteiger partial charge is 0.163 e. The van der Waals surface area contributed by atoms with E-state index < -0.39 is 0 Å². The quantitative estimate of drug-likeness (QED) is 0.843. The second-order valence-electron chi connectivity index (χ2n) is 7.39. The van der Waals surface area contributed by atoms with Crippen molar-refractivity contribution in [1.29, 1.82) is 0 Å². The van der Waals surface area contributed by atoms with Crippen molar-refractivity contribution in [2.24, 2.45) is 0 Å². The number of benzene rings is 1. The van der Waals surface area contributed by atoms with Gasteiger partial charge >= 0.3 is 0 Å². The molecule has 0 spiro atoms. The van der Waals surface area contributed by atoms with Gasteiger partial charge in [0.05, 0.1) is 7.11 Å². The maximum atomic E-state index is 5.95. The van der Waals surface area contributed by atoms with Gasteiger partial charge in [0, 0.05) is 29.4 Å². The second kappa shape index (κ2) is 6.37. The standard InChI is InChI=1S/C18H30N2O2/c1-17(2)9-6-10-18(3,4)20(17)11-12-22-16-13-14(19)7-8-15(16)21-5/h7-8,13H,6,9-12,19H2,1-5H3. The molecule has 0 saturated carbocycles. The highest BCUT2D eigenvalue weighted by molar-refractivity contribution is 5.51. The Kier molecular flexibility index (Phi) is 4.90. The van der Waals surface area contributed by atoms with Gasteiger partial charge in [-0.15, -0.1) is 0 Å². The van der Waals surface area contributed by atoms with Gasteiger partial charge in [-0.2, -0.15) is 0 Å². The first-order valence-corrected chi connectivity index (χ1v) is 8.10. The largest absolute Gasteiger partial charge is 0.493 e. The third-order valence-electron chi connectivity index (χ3n) is 4.80. The fraction of sp³-hybridized carbons (Fsp3) is 0.667. The number of piperidine rings is 1. The molecule has 1 aromatic carbocycles. The second-order valence-corrected chi connectivity index (χ2v) is 7.39. The molecule has 1 aromatic rings. The lowest BCUT2D eigenvalue weighted by molar-refractivity contribution is -0.0341. The fourth-order valence-electron chi connectivity index (χ4n) is 3.70. The Morgan fingerprint density at radius 2 is 1.73 bits per heavy atom. The summed E-state index contributed by atoms with van der Waals surface area (Å²) in [4.78, 5) is 2.57. The molecule has 2 N–H and O–H groups in total. The van der Waals surface area contributed by atoms with Crippen LogP contribution < -0.4 is 15.2 Å². The third kappa shape index (κ3) is 3.67. The average molecular weight is 306 g/mol. The predicted molar refractivity (Wildman–Crippen MR) is 91.6 cm³/mol. The molecule has 1 heterocycles. The first-order chi connectivity index (χ1) is 10.3. The lowest BCUT2D eigenvalue weighted by Gasteiger charge is -2.53. The first kappa shape index (κ1) is 16.9. The van der Waals surface area contributed by atoms with Crippen molar-refractivity contribution in [1.82, 2.24) is 4.90 Å². The van der Waals surface area contributed by atoms with E-state index in [1.54, 1.807) is 7.11 Å². The maximum Gasteiger partial charge on any atom is 0.163 e. The molecule has 0 atom stereocenters. The van der Waals surface area contributed by atoms with E-state index >= 15 is 0 Å². The minimum atomic E-state index is 0.213. The molecule has 4 nitrogen and oxygen atoms in total. The van der Waals surface area contributed by atoms with E-state index in [0.717, 1.165) is 18.0 Å². The Labute approximate surface area is 134 Å². The minimum absolute atomic E-state index is 0.213. The van der Waals surface area contributed by atoms with Crippen LogP contribution in [0.4, 0.5) is 5.69 Å². The molecule has 0 aliphatic carbocycles. The van der Waals surface area contributed by atoms with Crippen LogP contribution in [0.5, 0.6) is 11.5 Å². The van der Waals surface area contributed by atoms with Crippen LogP contribution in [-0.4, -0.2) is 36.2 Å². The van der Waals surface area contributed by atoms with Crippen LogP contribution >= 0.6 is 0 Å². The van der Waals surface area contributed by atoms with E-state index in [2.05, 4.69) is 32.6 Å². The molecule has 1 fully saturated rings. The van der Waals surface area contributed by atoms with Crippen molar-refractivity contribution in [3.63, 3.8) is 0 Å². The molecule has 0 unspecified atom stereocenters. The highest BCUT2D eigenvalue weighted by Crippen LogP contribution is 2.38. The number of nitrogen functional groups attached to an aromatic ring is 1. The topological polar surface area (TPSA) is 47.7 Å². The van der Waals surface area contributed by atoms with Gasteiger partial charge in [0.15, 0.2) is 11.5 Å². The van der Waals surface area contributed by atoms with E-state index in [9.17, 15) is 0 Å². The van der Waals surface area contributed by atoms with Crippen LogP contribution in [0, 0.1) is 0 Å². The van der Waals surface area contributed by atoms with Crippen molar-refractivity contribution in [3.05, 3.63) is 18.2 Å². The Morgan fingerprint density at radius 3 is 2.32 bits per heavy atom. The van der Waals surface area contributed by atoms with Crippen molar-refractivity contribution < 1.29 is 9.47 Å². The van der Waals surface area contributed by atoms with E-state index in [1.165, 1.54) is 19.3 Å². The van der Waals surface area contributed by atoms with Crippen LogP contribution in [0.15, 0.2) is 18.2 Å². The van der Waals surface area contributed by atoms with Crippen molar-refractivity contribution in [3.8, 4) is 11.5 Å². The van der Waals surface area contributed by atoms with Crippen LogP contribution in [0.25, 0.3) is 0 Å². The van der Waals surface area contributed by atoms with E-state index in [1.807, 2.05) is 18.2 Å². The summed E-state index contributed by atoms with van der Waals surface area (Å²) < 4.78 is 11.3. The number of methoxy groups -OCH3 is 1. The number of nitrogens with zero attached hydrogens (tertiary/aromatic N) is 1. The number of hydrogen-bond acceptors (Lipinski definition) is 4. The summed E-state index contributed by atoms with van der Waals surface area (Å²) in [5.74, 6) is 1.45. The number of likely N-dealkylation sites (tertiary alicyclic amines) is 1. The van der Waals surface area contributed by atoms with Crippen LogP contribution in [0.3, 0.4) is 0 Å². The molecule has 22 heavy (non-hydrogen) atoms. The van der Waals surface area contributed by atoms with Crippen molar-refractivity contribution in [2.45, 2.75) is 58.0 Å². The SMILES string of the molecule is COc1ccc(N)cc1OCCN1C(C)(C)CCCC1(C)C. The molecule has 1 aliphatic heterocycles. The lowest BCUT2D eigenvalue weighted by Crippen LogP contribution is -2.59. The summed E-state index contributed by atoms with van der Waals surface area (Å²) in [6.45, 7) is 10.8. The Balaban J connectivity index is 2.02. The summed E-state index contributed by atoms with van der Waals surface area (Å²) in [5, 5.41) is 0. The molecular weight excluding hydrogens is 276 g/mol. The van der Waals surface area contributed by atoms with Gasteiger partial charge < -0.3 is 15.2 Å². The Bertz CT molecular complexity index is 496. The molecule has 0 amide bonds. The van der Waals surface area contributed by atoms with Gasteiger partial charge in [0.25, 0.3) is 0 Å². The zero-order chi connectivity index (χ0) is 16.4. The zero-order valence-electron chi connectivity index (χ0n) is 14.6. The third-order valence-corrected chi connectivity index (χ3v) is 4.80. The van der Waals surface area contributed by atoms with Gasteiger partial charge in [0.1, 0.15) is 6.61 Å². The highest BCUT2D eigenvalue weighted by atomic mass is 16.5. The van der Waals surface area contributed by atoms with E-state index in [4.69, 9.17) is 15.2 Å². The molecule has 4 heteroatoms. The fourth-order valence-corrected chi connectivity index (χ4v) is 3.70.